The van der Waals surface area contributed by atoms with E-state index >= 15 is 0 Å². The Hall–Kier alpha value is -2.45. The van der Waals surface area contributed by atoms with Crippen molar-refractivity contribution in [3.05, 3.63) is 35.9 Å². The van der Waals surface area contributed by atoms with E-state index in [2.05, 4.69) is 16.5 Å². The number of carbonyl (C=O) groups is 2. The lowest BCUT2D eigenvalue weighted by Crippen LogP contribution is -2.40. The minimum atomic E-state index is -4.60. The van der Waals surface area contributed by atoms with E-state index in [4.69, 9.17) is 9.84 Å². The molecule has 6 nitrogen and oxygen atoms in total. The molecule has 1 N–H and O–H groups in total. The first kappa shape index (κ1) is 16.9. The van der Waals surface area contributed by atoms with Gasteiger partial charge in [0.1, 0.15) is 5.69 Å². The normalized spacial score (nSPS) is 16.3. The van der Waals surface area contributed by atoms with Crippen molar-refractivity contribution in [1.29, 1.82) is 0 Å². The maximum Gasteiger partial charge on any atom is 0.434 e. The van der Waals surface area contributed by atoms with Crippen molar-refractivity contribution in [1.82, 2.24) is 9.97 Å². The lowest BCUT2D eigenvalue weighted by molar-refractivity contribution is -0.172. The van der Waals surface area contributed by atoms with Crippen molar-refractivity contribution < 1.29 is 32.6 Å². The van der Waals surface area contributed by atoms with E-state index < -0.39 is 35.8 Å². The van der Waals surface area contributed by atoms with Crippen LogP contribution in [-0.4, -0.2) is 27.0 Å². The molecule has 0 saturated heterocycles. The molecule has 124 valence electrons. The van der Waals surface area contributed by atoms with Gasteiger partial charge in [-0.05, 0) is 19.3 Å². The lowest BCUT2D eigenvalue weighted by Gasteiger charge is -2.40. The Bertz CT molecular complexity index is 636. The summed E-state index contributed by atoms with van der Waals surface area (Å²) in [5.41, 5.74) is -2.50. The highest BCUT2D eigenvalue weighted by Gasteiger charge is 2.45. The summed E-state index contributed by atoms with van der Waals surface area (Å²) in [5, 5.41) is 8.69. The van der Waals surface area contributed by atoms with E-state index in [1.807, 2.05) is 0 Å². The van der Waals surface area contributed by atoms with Crippen LogP contribution >= 0.6 is 0 Å². The van der Waals surface area contributed by atoms with Crippen LogP contribution in [-0.2, 0) is 26.1 Å². The predicted molar refractivity (Wildman–Crippen MR) is 70.0 cm³/mol. The molecule has 0 unspecified atom stereocenters. The zero-order chi connectivity index (χ0) is 17.3. The average molecular weight is 330 g/mol. The Labute approximate surface area is 129 Å². The van der Waals surface area contributed by atoms with Crippen LogP contribution in [0, 0.1) is 0 Å². The fourth-order valence-corrected chi connectivity index (χ4v) is 2.12. The highest BCUT2D eigenvalue weighted by molar-refractivity contribution is 5.91. The van der Waals surface area contributed by atoms with Crippen LogP contribution in [0.5, 0.6) is 0 Å². The van der Waals surface area contributed by atoms with E-state index in [1.54, 1.807) is 0 Å². The number of hydrogen-bond acceptors (Lipinski definition) is 5. The van der Waals surface area contributed by atoms with Crippen molar-refractivity contribution >= 4 is 11.9 Å². The Balaban J connectivity index is 2.13. The minimum absolute atomic E-state index is 0.117. The van der Waals surface area contributed by atoms with Gasteiger partial charge in [-0.3, -0.25) is 9.78 Å². The van der Waals surface area contributed by atoms with Gasteiger partial charge in [0.05, 0.1) is 18.8 Å². The fourth-order valence-electron chi connectivity index (χ4n) is 2.12. The molecule has 2 rings (SSSR count). The second kappa shape index (κ2) is 5.98. The van der Waals surface area contributed by atoms with Crippen LogP contribution in [0.1, 0.15) is 37.1 Å². The average Bonchev–Trinajstić information content (AvgIpc) is 2.42. The molecule has 1 aliphatic carbocycles. The number of alkyl halides is 3. The van der Waals surface area contributed by atoms with Crippen LogP contribution in [0.2, 0.25) is 0 Å². The summed E-state index contributed by atoms with van der Waals surface area (Å²) in [6.07, 6.45) is -2.12. The number of carboxylic acids is 1. The summed E-state index contributed by atoms with van der Waals surface area (Å²) >= 11 is 0. The van der Waals surface area contributed by atoms with Crippen molar-refractivity contribution in [2.75, 3.05) is 0 Å². The Morgan fingerprint density at radius 2 is 1.96 bits per heavy atom. The number of esters is 1. The molecule has 9 heteroatoms. The summed E-state index contributed by atoms with van der Waals surface area (Å²) in [6.45, 7) is 3.23. The number of carboxylic acid groups (broad SMARTS) is 1. The number of hydrogen-bond donors (Lipinski definition) is 1. The molecule has 0 amide bonds. The number of halogens is 3. The third-order valence-electron chi connectivity index (χ3n) is 3.54. The first-order valence-corrected chi connectivity index (χ1v) is 6.67. The maximum atomic E-state index is 12.5. The third kappa shape index (κ3) is 3.66. The summed E-state index contributed by atoms with van der Waals surface area (Å²) in [4.78, 5) is 29.5. The van der Waals surface area contributed by atoms with Crippen LogP contribution in [0.3, 0.4) is 0 Å². The molecule has 0 spiro atoms. The van der Waals surface area contributed by atoms with Gasteiger partial charge in [0, 0.05) is 5.57 Å². The highest BCUT2D eigenvalue weighted by atomic mass is 19.4. The van der Waals surface area contributed by atoms with Crippen LogP contribution in [0.4, 0.5) is 13.2 Å². The predicted octanol–water partition coefficient (Wildman–Crippen LogP) is 2.45. The molecule has 1 aliphatic rings. The molecule has 0 atom stereocenters. The molecule has 0 bridgehead atoms. The molecular weight excluding hydrogens is 317 g/mol. The monoisotopic (exact) mass is 330 g/mol. The van der Waals surface area contributed by atoms with E-state index in [0.29, 0.717) is 25.5 Å². The van der Waals surface area contributed by atoms with Gasteiger partial charge in [-0.15, -0.1) is 0 Å². The van der Waals surface area contributed by atoms with Gasteiger partial charge in [0.15, 0.2) is 11.3 Å². The number of rotatable bonds is 5. The van der Waals surface area contributed by atoms with Gasteiger partial charge in [0.25, 0.3) is 0 Å². The molecule has 1 heterocycles. The first-order chi connectivity index (χ1) is 10.6. The second-order valence-electron chi connectivity index (χ2n) is 5.19. The summed E-state index contributed by atoms with van der Waals surface area (Å²) < 4.78 is 42.7. The van der Waals surface area contributed by atoms with Crippen LogP contribution in [0.25, 0.3) is 0 Å². The summed E-state index contributed by atoms with van der Waals surface area (Å²) in [6, 6.07) is 0. The topological polar surface area (TPSA) is 89.4 Å². The maximum absolute atomic E-state index is 12.5. The third-order valence-corrected chi connectivity index (χ3v) is 3.54. The Kier molecular flexibility index (Phi) is 4.39. The van der Waals surface area contributed by atoms with Crippen molar-refractivity contribution in [3.63, 3.8) is 0 Å². The highest BCUT2D eigenvalue weighted by Crippen LogP contribution is 2.44. The Morgan fingerprint density at radius 3 is 2.35 bits per heavy atom. The molecule has 1 aromatic rings. The largest absolute Gasteiger partial charge is 0.478 e. The first-order valence-electron chi connectivity index (χ1n) is 6.67. The van der Waals surface area contributed by atoms with Crippen LogP contribution < -0.4 is 0 Å². The van der Waals surface area contributed by atoms with E-state index in [-0.39, 0.29) is 11.3 Å². The van der Waals surface area contributed by atoms with Gasteiger partial charge in [-0.25, -0.2) is 9.78 Å². The summed E-state index contributed by atoms with van der Waals surface area (Å²) in [7, 11) is 0. The van der Waals surface area contributed by atoms with Gasteiger partial charge >= 0.3 is 18.1 Å². The number of nitrogens with zero attached hydrogens (tertiary/aromatic N) is 2. The van der Waals surface area contributed by atoms with Crippen molar-refractivity contribution in [2.45, 2.75) is 37.5 Å². The second-order valence-corrected chi connectivity index (χ2v) is 5.19. The summed E-state index contributed by atoms with van der Waals surface area (Å²) in [5.74, 6) is -2.14. The molecule has 1 fully saturated rings. The van der Waals surface area contributed by atoms with Crippen molar-refractivity contribution in [3.8, 4) is 0 Å². The zero-order valence-electron chi connectivity index (χ0n) is 11.9. The quantitative estimate of drug-likeness (QED) is 0.659. The van der Waals surface area contributed by atoms with E-state index in [0.717, 1.165) is 6.20 Å². The van der Waals surface area contributed by atoms with Gasteiger partial charge in [-0.1, -0.05) is 6.58 Å². The molecule has 1 saturated carbocycles. The molecule has 1 aromatic heterocycles. The standard InChI is InChI=1S/C14H13F3N2O4/c1-8(12(21)22)5-11(20)23-13(3-2-4-13)9-6-19-10(7-18-9)14(15,16)17/h6-7H,1-5H2,(H,21,22). The van der Waals surface area contributed by atoms with Crippen LogP contribution in [0.15, 0.2) is 24.5 Å². The minimum Gasteiger partial charge on any atom is -0.478 e. The van der Waals surface area contributed by atoms with E-state index in [1.165, 1.54) is 0 Å². The number of ether oxygens (including phenoxy) is 1. The van der Waals surface area contributed by atoms with Gasteiger partial charge in [0.2, 0.25) is 0 Å². The molecule has 0 aromatic carbocycles. The fraction of sp³-hybridized carbons (Fsp3) is 0.429. The number of aliphatic carboxylic acids is 1. The SMILES string of the molecule is C=C(CC(=O)OC1(c2cnc(C(F)(F)F)cn2)CCC1)C(=O)O. The molecular formula is C14H13F3N2O4. The molecule has 0 radical (unpaired) electrons. The molecule has 23 heavy (non-hydrogen) atoms. The van der Waals surface area contributed by atoms with Gasteiger partial charge in [-0.2, -0.15) is 13.2 Å². The van der Waals surface area contributed by atoms with Gasteiger partial charge < -0.3 is 9.84 Å². The Morgan fingerprint density at radius 1 is 1.30 bits per heavy atom. The smallest absolute Gasteiger partial charge is 0.434 e. The zero-order valence-corrected chi connectivity index (χ0v) is 11.9. The van der Waals surface area contributed by atoms with E-state index in [9.17, 15) is 22.8 Å². The lowest BCUT2D eigenvalue weighted by atomic mass is 9.77. The number of aromatic nitrogens is 2. The van der Waals surface area contributed by atoms with Crippen molar-refractivity contribution in [2.24, 2.45) is 0 Å². The number of carbonyl (C=O) groups excluding carboxylic acids is 1. The molecule has 0 aliphatic heterocycles.